The summed E-state index contributed by atoms with van der Waals surface area (Å²) >= 11 is 0. The Morgan fingerprint density at radius 2 is 1.44 bits per heavy atom. The van der Waals surface area contributed by atoms with Crippen LogP contribution < -0.4 is 5.32 Å². The fraction of sp³-hybridized carbons (Fsp3) is 0.167. The van der Waals surface area contributed by atoms with E-state index in [-0.39, 0.29) is 24.9 Å². The van der Waals surface area contributed by atoms with Crippen LogP contribution >= 0.6 is 0 Å². The lowest BCUT2D eigenvalue weighted by Gasteiger charge is -2.21. The van der Waals surface area contributed by atoms with Crippen LogP contribution in [-0.4, -0.2) is 39.4 Å². The quantitative estimate of drug-likeness (QED) is 0.329. The summed E-state index contributed by atoms with van der Waals surface area (Å²) in [6.45, 7) is 9.89. The third-order valence-corrected chi connectivity index (χ3v) is 5.89. The van der Waals surface area contributed by atoms with Gasteiger partial charge in [-0.05, 0) is 45.0 Å². The van der Waals surface area contributed by atoms with Gasteiger partial charge in [-0.25, -0.2) is 4.98 Å². The van der Waals surface area contributed by atoms with E-state index in [1.165, 1.54) is 4.90 Å². The van der Waals surface area contributed by atoms with Crippen molar-refractivity contribution >= 4 is 17.8 Å². The van der Waals surface area contributed by atoms with E-state index in [4.69, 9.17) is 4.98 Å². The molecule has 2 amide bonds. The van der Waals surface area contributed by atoms with Gasteiger partial charge in [-0.3, -0.25) is 19.5 Å². The predicted molar refractivity (Wildman–Crippen MR) is 144 cm³/mol. The van der Waals surface area contributed by atoms with Crippen molar-refractivity contribution < 1.29 is 9.59 Å². The summed E-state index contributed by atoms with van der Waals surface area (Å²) in [5.41, 5.74) is 6.45. The van der Waals surface area contributed by atoms with E-state index in [0.717, 1.165) is 33.6 Å². The topological polar surface area (TPSA) is 67.2 Å². The summed E-state index contributed by atoms with van der Waals surface area (Å²) in [4.78, 5) is 32.4. The molecule has 0 fully saturated rings. The first-order chi connectivity index (χ1) is 17.3. The van der Waals surface area contributed by atoms with Gasteiger partial charge in [0, 0.05) is 29.6 Å². The molecule has 1 aromatic heterocycles. The summed E-state index contributed by atoms with van der Waals surface area (Å²) < 4.78 is 1.85. The maximum absolute atomic E-state index is 13.1. The number of carbonyl (C=O) groups excluding carboxylic acids is 2. The second kappa shape index (κ2) is 10.9. The highest BCUT2D eigenvalue weighted by molar-refractivity contribution is 5.99. The van der Waals surface area contributed by atoms with Crippen molar-refractivity contribution in [1.29, 1.82) is 0 Å². The molecule has 0 radical (unpaired) electrons. The molecular formula is C30H30N4O2. The summed E-state index contributed by atoms with van der Waals surface area (Å²) in [5, 5.41) is 2.91. The number of aryl methyl sites for hydroxylation is 3. The number of amides is 2. The van der Waals surface area contributed by atoms with Crippen LogP contribution in [-0.2, 0) is 4.79 Å². The average molecular weight is 479 g/mol. The average Bonchev–Trinajstić information content (AvgIpc) is 3.28. The number of hydrogen-bond acceptors (Lipinski definition) is 3. The van der Waals surface area contributed by atoms with Crippen LogP contribution in [0.5, 0.6) is 0 Å². The lowest BCUT2D eigenvalue weighted by atomic mass is 10.1. The fourth-order valence-electron chi connectivity index (χ4n) is 3.83. The molecular weight excluding hydrogens is 448 g/mol. The lowest BCUT2D eigenvalue weighted by molar-refractivity contribution is -0.116. The van der Waals surface area contributed by atoms with Gasteiger partial charge in [0.2, 0.25) is 11.9 Å². The maximum Gasteiger partial charge on any atom is 0.254 e. The molecule has 1 heterocycles. The minimum atomic E-state index is -0.341. The zero-order valence-electron chi connectivity index (χ0n) is 20.9. The van der Waals surface area contributed by atoms with Crippen molar-refractivity contribution in [1.82, 2.24) is 14.5 Å². The lowest BCUT2D eigenvalue weighted by Crippen LogP contribution is -2.38. The van der Waals surface area contributed by atoms with Crippen molar-refractivity contribution in [2.24, 2.45) is 0 Å². The van der Waals surface area contributed by atoms with Crippen LogP contribution in [0.1, 0.15) is 27.0 Å². The first kappa shape index (κ1) is 24.7. The fourth-order valence-corrected chi connectivity index (χ4v) is 3.83. The van der Waals surface area contributed by atoms with Crippen LogP contribution in [0.3, 0.4) is 0 Å². The first-order valence-corrected chi connectivity index (χ1v) is 11.8. The number of hydrogen-bond donors (Lipinski definition) is 1. The molecule has 6 heteroatoms. The predicted octanol–water partition coefficient (Wildman–Crippen LogP) is 5.73. The Kier molecular flexibility index (Phi) is 7.44. The molecule has 0 aliphatic carbocycles. The van der Waals surface area contributed by atoms with Crippen LogP contribution in [0, 0.1) is 20.8 Å². The second-order valence-corrected chi connectivity index (χ2v) is 8.91. The Labute approximate surface area is 211 Å². The molecule has 0 saturated heterocycles. The summed E-state index contributed by atoms with van der Waals surface area (Å²) in [7, 11) is 0. The summed E-state index contributed by atoms with van der Waals surface area (Å²) in [6.07, 6.45) is 3.52. The molecule has 0 aliphatic rings. The monoisotopic (exact) mass is 478 g/mol. The molecule has 0 bridgehead atoms. The largest absolute Gasteiger partial charge is 0.326 e. The van der Waals surface area contributed by atoms with Crippen molar-refractivity contribution in [2.45, 2.75) is 20.8 Å². The molecule has 3 aromatic carbocycles. The number of anilines is 1. The van der Waals surface area contributed by atoms with Gasteiger partial charge in [0.05, 0.1) is 5.69 Å². The molecule has 36 heavy (non-hydrogen) atoms. The Hall–Kier alpha value is -4.45. The first-order valence-electron chi connectivity index (χ1n) is 11.8. The summed E-state index contributed by atoms with van der Waals surface area (Å²) in [6, 6.07) is 23.4. The van der Waals surface area contributed by atoms with Gasteiger partial charge < -0.3 is 4.90 Å². The molecule has 4 aromatic rings. The Morgan fingerprint density at radius 1 is 0.889 bits per heavy atom. The van der Waals surface area contributed by atoms with Gasteiger partial charge in [0.15, 0.2) is 0 Å². The molecule has 0 aliphatic heterocycles. The zero-order chi connectivity index (χ0) is 25.7. The van der Waals surface area contributed by atoms with Gasteiger partial charge in [-0.1, -0.05) is 71.3 Å². The van der Waals surface area contributed by atoms with E-state index < -0.39 is 0 Å². The molecule has 6 nitrogen and oxygen atoms in total. The number of nitrogens with zero attached hydrogens (tertiary/aromatic N) is 3. The molecule has 4 rings (SSSR count). The van der Waals surface area contributed by atoms with Crippen molar-refractivity contribution in [2.75, 3.05) is 18.4 Å². The Bertz CT molecular complexity index is 1370. The SMILES string of the molecule is C=CCN(CC(=O)Nc1nc(-c2ccc(C)cc2)cn1-c1ccc(C)cc1)C(=O)c1ccc(C)cc1. The van der Waals surface area contributed by atoms with Crippen LogP contribution in [0.2, 0.25) is 0 Å². The second-order valence-electron chi connectivity index (χ2n) is 8.91. The smallest absolute Gasteiger partial charge is 0.254 e. The number of rotatable bonds is 8. The molecule has 0 saturated carbocycles. The van der Waals surface area contributed by atoms with E-state index >= 15 is 0 Å². The normalized spacial score (nSPS) is 10.6. The summed E-state index contributed by atoms with van der Waals surface area (Å²) in [5.74, 6) is -0.181. The third kappa shape index (κ3) is 5.78. The number of aromatic nitrogens is 2. The minimum absolute atomic E-state index is 0.126. The van der Waals surface area contributed by atoms with Gasteiger partial charge >= 0.3 is 0 Å². The van der Waals surface area contributed by atoms with E-state index in [2.05, 4.69) is 11.9 Å². The van der Waals surface area contributed by atoms with Crippen LogP contribution in [0.15, 0.2) is 91.6 Å². The number of nitrogens with one attached hydrogen (secondary N) is 1. The number of benzene rings is 3. The highest BCUT2D eigenvalue weighted by Gasteiger charge is 2.20. The Balaban J connectivity index is 1.60. The molecule has 0 atom stereocenters. The van der Waals surface area contributed by atoms with E-state index in [1.54, 1.807) is 18.2 Å². The van der Waals surface area contributed by atoms with Gasteiger partial charge in [-0.15, -0.1) is 6.58 Å². The van der Waals surface area contributed by atoms with Crippen molar-refractivity contribution in [3.05, 3.63) is 114 Å². The van der Waals surface area contributed by atoms with Crippen LogP contribution in [0.25, 0.3) is 16.9 Å². The third-order valence-electron chi connectivity index (χ3n) is 5.89. The van der Waals surface area contributed by atoms with Crippen LogP contribution in [0.4, 0.5) is 5.95 Å². The van der Waals surface area contributed by atoms with Gasteiger partial charge in [-0.2, -0.15) is 0 Å². The standard InChI is InChI=1S/C30H30N4O2/c1-5-18-33(29(36)25-14-8-22(3)9-15-25)20-28(35)32-30-31-27(24-12-6-21(2)7-13-24)19-34(30)26-16-10-23(4)11-17-26/h5-17,19H,1,18,20H2,2-4H3,(H,31,32,35). The van der Waals surface area contributed by atoms with E-state index in [1.807, 2.05) is 92.2 Å². The molecule has 1 N–H and O–H groups in total. The Morgan fingerprint density at radius 3 is 2.03 bits per heavy atom. The number of imidazole rings is 1. The highest BCUT2D eigenvalue weighted by atomic mass is 16.2. The van der Waals surface area contributed by atoms with Gasteiger partial charge in [0.25, 0.3) is 5.91 Å². The van der Waals surface area contributed by atoms with Crippen molar-refractivity contribution in [3.63, 3.8) is 0 Å². The minimum Gasteiger partial charge on any atom is -0.326 e. The zero-order valence-corrected chi connectivity index (χ0v) is 20.9. The highest BCUT2D eigenvalue weighted by Crippen LogP contribution is 2.25. The van der Waals surface area contributed by atoms with Gasteiger partial charge in [0.1, 0.15) is 6.54 Å². The number of carbonyl (C=O) groups is 2. The van der Waals surface area contributed by atoms with Crippen molar-refractivity contribution in [3.8, 4) is 16.9 Å². The maximum atomic E-state index is 13.1. The molecule has 0 spiro atoms. The molecule has 0 unspecified atom stereocenters. The van der Waals surface area contributed by atoms with E-state index in [0.29, 0.717) is 11.5 Å². The van der Waals surface area contributed by atoms with E-state index in [9.17, 15) is 9.59 Å². The molecule has 182 valence electrons.